The van der Waals surface area contributed by atoms with Gasteiger partial charge in [-0.15, -0.1) is 0 Å². The Labute approximate surface area is 190 Å². The highest BCUT2D eigenvalue weighted by Gasteiger charge is 2.24. The minimum absolute atomic E-state index is 0.142. The molecule has 9 nitrogen and oxygen atoms in total. The van der Waals surface area contributed by atoms with Crippen LogP contribution < -0.4 is 10.2 Å². The van der Waals surface area contributed by atoms with Gasteiger partial charge in [-0.3, -0.25) is 4.79 Å². The number of hydrogen-bond acceptors (Lipinski definition) is 10. The number of carbonyl (C=O) groups is 1. The minimum atomic E-state index is 0.142. The number of thiazole rings is 1. The van der Waals surface area contributed by atoms with Gasteiger partial charge in [0.1, 0.15) is 22.6 Å². The molecular weight excluding hydrogens is 432 g/mol. The van der Waals surface area contributed by atoms with Gasteiger partial charge in [-0.2, -0.15) is 5.26 Å². The summed E-state index contributed by atoms with van der Waals surface area (Å²) in [7, 11) is 2.13. The number of piperidine rings is 1. The van der Waals surface area contributed by atoms with Crippen molar-refractivity contribution < 1.29 is 4.79 Å². The van der Waals surface area contributed by atoms with Crippen LogP contribution in [0.1, 0.15) is 24.6 Å². The lowest BCUT2D eigenvalue weighted by molar-refractivity contribution is -0.129. The van der Waals surface area contributed by atoms with Crippen LogP contribution in [0.2, 0.25) is 0 Å². The van der Waals surface area contributed by atoms with Crippen LogP contribution in [0, 0.1) is 11.3 Å². The maximum Gasteiger partial charge on any atom is 0.219 e. The van der Waals surface area contributed by atoms with Gasteiger partial charge in [0.15, 0.2) is 10.3 Å². The van der Waals surface area contributed by atoms with Crippen LogP contribution in [0.15, 0.2) is 17.4 Å². The summed E-state index contributed by atoms with van der Waals surface area (Å²) in [4.78, 5) is 32.5. The summed E-state index contributed by atoms with van der Waals surface area (Å²) < 4.78 is 0. The fourth-order valence-corrected chi connectivity index (χ4v) is 5.32. The van der Waals surface area contributed by atoms with Crippen molar-refractivity contribution in [3.05, 3.63) is 17.1 Å². The van der Waals surface area contributed by atoms with Crippen LogP contribution in [0.5, 0.6) is 0 Å². The molecule has 164 valence electrons. The van der Waals surface area contributed by atoms with E-state index >= 15 is 0 Å². The number of nitriles is 1. The number of rotatable bonds is 5. The third-order valence-electron chi connectivity index (χ3n) is 5.53. The number of nitrogens with zero attached hydrogens (tertiary/aromatic N) is 7. The Hall–Kier alpha value is -2.42. The standard InChI is InChI=1S/C20H26N8OS2/c1-14(29)27-5-3-15(4-6-27)30-20-24-17(23-19-22-13-16(12-21)31-19)11-18(25-20)28-9-7-26(2)8-10-28/h11,13,15H,3-10H2,1-2H3,(H,22,23,24,25). The van der Waals surface area contributed by atoms with Crippen LogP contribution in [-0.4, -0.2) is 82.2 Å². The summed E-state index contributed by atoms with van der Waals surface area (Å²) in [6.45, 7) is 7.03. The molecule has 0 radical (unpaired) electrons. The quantitative estimate of drug-likeness (QED) is 0.677. The Morgan fingerprint density at radius 2 is 1.97 bits per heavy atom. The Kier molecular flexibility index (Phi) is 6.89. The summed E-state index contributed by atoms with van der Waals surface area (Å²) in [6.07, 6.45) is 3.44. The number of anilines is 3. The zero-order valence-corrected chi connectivity index (χ0v) is 19.4. The van der Waals surface area contributed by atoms with E-state index in [4.69, 9.17) is 15.2 Å². The second-order valence-corrected chi connectivity index (χ2v) is 10.1. The SMILES string of the molecule is CC(=O)N1CCC(Sc2nc(Nc3ncc(C#N)s3)cc(N3CCN(C)CC3)n2)CC1. The molecule has 31 heavy (non-hydrogen) atoms. The number of nitrogens with one attached hydrogen (secondary N) is 1. The summed E-state index contributed by atoms with van der Waals surface area (Å²) in [5, 5.41) is 14.1. The fraction of sp³-hybridized carbons (Fsp3) is 0.550. The first-order valence-electron chi connectivity index (χ1n) is 10.4. The van der Waals surface area contributed by atoms with Gasteiger partial charge in [-0.1, -0.05) is 23.1 Å². The maximum atomic E-state index is 11.6. The molecule has 0 saturated carbocycles. The zero-order chi connectivity index (χ0) is 21.8. The number of aromatic nitrogens is 3. The Morgan fingerprint density at radius 3 is 2.61 bits per heavy atom. The van der Waals surface area contributed by atoms with Crippen molar-refractivity contribution >= 4 is 45.8 Å². The fourth-order valence-electron chi connectivity index (χ4n) is 3.66. The number of likely N-dealkylation sites (N-methyl/N-ethyl adjacent to an activating group) is 1. The second kappa shape index (κ2) is 9.80. The molecule has 2 aromatic rings. The first kappa shape index (κ1) is 21.8. The molecule has 2 aliphatic heterocycles. The van der Waals surface area contributed by atoms with Crippen molar-refractivity contribution in [2.45, 2.75) is 30.2 Å². The van der Waals surface area contributed by atoms with Gasteiger partial charge in [-0.25, -0.2) is 15.0 Å². The van der Waals surface area contributed by atoms with Gasteiger partial charge in [0.05, 0.1) is 6.20 Å². The smallest absolute Gasteiger partial charge is 0.219 e. The van der Waals surface area contributed by atoms with Gasteiger partial charge in [-0.05, 0) is 19.9 Å². The molecule has 0 spiro atoms. The number of carbonyl (C=O) groups excluding carboxylic acids is 1. The van der Waals surface area contributed by atoms with E-state index in [-0.39, 0.29) is 5.91 Å². The maximum absolute atomic E-state index is 11.6. The molecule has 11 heteroatoms. The van der Waals surface area contributed by atoms with Crippen molar-refractivity contribution in [1.82, 2.24) is 24.8 Å². The topological polar surface area (TPSA) is 101 Å². The van der Waals surface area contributed by atoms with E-state index in [2.05, 4.69) is 33.2 Å². The molecule has 4 heterocycles. The number of likely N-dealkylation sites (tertiary alicyclic amines) is 1. The van der Waals surface area contributed by atoms with E-state index in [9.17, 15) is 4.79 Å². The van der Waals surface area contributed by atoms with Gasteiger partial charge in [0.25, 0.3) is 0 Å². The highest BCUT2D eigenvalue weighted by atomic mass is 32.2. The van der Waals surface area contributed by atoms with Gasteiger partial charge < -0.3 is 20.0 Å². The number of hydrogen-bond donors (Lipinski definition) is 1. The average Bonchev–Trinajstić information content (AvgIpc) is 3.22. The number of amides is 1. The molecule has 2 aliphatic rings. The molecule has 0 bridgehead atoms. The van der Waals surface area contributed by atoms with Gasteiger partial charge in [0.2, 0.25) is 5.91 Å². The lowest BCUT2D eigenvalue weighted by Gasteiger charge is -2.33. The summed E-state index contributed by atoms with van der Waals surface area (Å²) in [6, 6.07) is 4.08. The summed E-state index contributed by atoms with van der Waals surface area (Å²) in [5.74, 6) is 1.74. The third kappa shape index (κ3) is 5.64. The molecule has 2 saturated heterocycles. The van der Waals surface area contributed by atoms with Gasteiger partial charge >= 0.3 is 0 Å². The Morgan fingerprint density at radius 1 is 1.23 bits per heavy atom. The lowest BCUT2D eigenvalue weighted by Crippen LogP contribution is -2.44. The van der Waals surface area contributed by atoms with Crippen molar-refractivity contribution in [2.75, 3.05) is 56.5 Å². The second-order valence-electron chi connectivity index (χ2n) is 7.77. The molecule has 2 fully saturated rings. The normalized spacial score (nSPS) is 18.1. The molecule has 0 atom stereocenters. The van der Waals surface area contributed by atoms with Crippen LogP contribution in [0.4, 0.5) is 16.8 Å². The molecule has 0 aliphatic carbocycles. The van der Waals surface area contributed by atoms with E-state index in [1.54, 1.807) is 24.9 Å². The van der Waals surface area contributed by atoms with E-state index in [1.807, 2.05) is 11.0 Å². The van der Waals surface area contributed by atoms with Crippen molar-refractivity contribution in [2.24, 2.45) is 0 Å². The average molecular weight is 459 g/mol. The van der Waals surface area contributed by atoms with E-state index in [0.717, 1.165) is 63.1 Å². The summed E-state index contributed by atoms with van der Waals surface area (Å²) in [5.41, 5.74) is 0. The number of thioether (sulfide) groups is 1. The Balaban J connectivity index is 1.52. The van der Waals surface area contributed by atoms with Crippen LogP contribution >= 0.6 is 23.1 Å². The largest absolute Gasteiger partial charge is 0.354 e. The van der Waals surface area contributed by atoms with E-state index in [1.165, 1.54) is 11.3 Å². The van der Waals surface area contributed by atoms with Gasteiger partial charge in [0, 0.05) is 57.5 Å². The number of piperazine rings is 1. The highest BCUT2D eigenvalue weighted by Crippen LogP contribution is 2.32. The highest BCUT2D eigenvalue weighted by molar-refractivity contribution is 7.99. The van der Waals surface area contributed by atoms with E-state index in [0.29, 0.717) is 21.1 Å². The monoisotopic (exact) mass is 458 g/mol. The predicted octanol–water partition coefficient (Wildman–Crippen LogP) is 2.40. The van der Waals surface area contributed by atoms with Crippen LogP contribution in [0.25, 0.3) is 0 Å². The van der Waals surface area contributed by atoms with Crippen LogP contribution in [-0.2, 0) is 4.79 Å². The zero-order valence-electron chi connectivity index (χ0n) is 17.7. The van der Waals surface area contributed by atoms with Crippen molar-refractivity contribution in [3.8, 4) is 6.07 Å². The molecule has 0 aromatic carbocycles. The molecule has 1 N–H and O–H groups in total. The minimum Gasteiger partial charge on any atom is -0.354 e. The van der Waals surface area contributed by atoms with Crippen LogP contribution in [0.3, 0.4) is 0 Å². The third-order valence-corrected chi connectivity index (χ3v) is 7.55. The predicted molar refractivity (Wildman–Crippen MR) is 123 cm³/mol. The molecular formula is C20H26N8OS2. The Bertz CT molecular complexity index is 958. The van der Waals surface area contributed by atoms with E-state index < -0.39 is 0 Å². The molecule has 0 unspecified atom stereocenters. The molecule has 1 amide bonds. The molecule has 2 aromatic heterocycles. The first-order chi connectivity index (χ1) is 15.0. The lowest BCUT2D eigenvalue weighted by atomic mass is 10.1. The molecule has 4 rings (SSSR count). The summed E-state index contributed by atoms with van der Waals surface area (Å²) >= 11 is 2.99. The first-order valence-corrected chi connectivity index (χ1v) is 12.1. The van der Waals surface area contributed by atoms with Crippen molar-refractivity contribution in [1.29, 1.82) is 5.26 Å². The van der Waals surface area contributed by atoms with Crippen molar-refractivity contribution in [3.63, 3.8) is 0 Å².